The van der Waals surface area contributed by atoms with Gasteiger partial charge in [0.2, 0.25) is 0 Å². The Morgan fingerprint density at radius 2 is 2.28 bits per heavy atom. The number of thioether (sulfide) groups is 1. The van der Waals surface area contributed by atoms with E-state index in [9.17, 15) is 4.79 Å². The van der Waals surface area contributed by atoms with Crippen LogP contribution in [0.5, 0.6) is 5.75 Å². The molecular formula is C12H15ClO4S. The summed E-state index contributed by atoms with van der Waals surface area (Å²) >= 11 is 7.19. The van der Waals surface area contributed by atoms with Gasteiger partial charge in [0.25, 0.3) is 0 Å². The molecule has 18 heavy (non-hydrogen) atoms. The van der Waals surface area contributed by atoms with Crippen LogP contribution in [0.4, 0.5) is 0 Å². The zero-order valence-corrected chi connectivity index (χ0v) is 11.5. The number of benzene rings is 1. The average molecular weight is 291 g/mol. The molecule has 4 nitrogen and oxygen atoms in total. The molecule has 0 radical (unpaired) electrons. The lowest BCUT2D eigenvalue weighted by Crippen LogP contribution is -2.16. The number of rotatable bonds is 7. The molecule has 0 amide bonds. The van der Waals surface area contributed by atoms with E-state index in [0.29, 0.717) is 22.1 Å². The molecule has 2 N–H and O–H groups in total. The highest BCUT2D eigenvalue weighted by Gasteiger charge is 2.10. The Morgan fingerprint density at radius 3 is 2.83 bits per heavy atom. The minimum Gasteiger partial charge on any atom is -0.495 e. The summed E-state index contributed by atoms with van der Waals surface area (Å²) < 4.78 is 5.00. The minimum absolute atomic E-state index is 0.0744. The highest BCUT2D eigenvalue weighted by atomic mass is 35.5. The molecule has 0 saturated carbocycles. The monoisotopic (exact) mass is 290 g/mol. The first-order valence-electron chi connectivity index (χ1n) is 5.32. The van der Waals surface area contributed by atoms with Crippen LogP contribution in [0, 0.1) is 0 Å². The summed E-state index contributed by atoms with van der Waals surface area (Å²) in [5, 5.41) is 18.2. The average Bonchev–Trinajstić information content (AvgIpc) is 2.38. The molecular weight excluding hydrogens is 276 g/mol. The molecule has 0 saturated heterocycles. The molecule has 0 fully saturated rings. The number of aliphatic hydroxyl groups excluding tert-OH is 2. The number of carbonyl (C=O) groups is 1. The van der Waals surface area contributed by atoms with Crippen molar-refractivity contribution < 1.29 is 19.7 Å². The van der Waals surface area contributed by atoms with Crippen molar-refractivity contribution >= 4 is 29.1 Å². The minimum atomic E-state index is -0.790. The predicted molar refractivity (Wildman–Crippen MR) is 72.8 cm³/mol. The van der Waals surface area contributed by atoms with E-state index in [0.717, 1.165) is 0 Å². The molecule has 1 unspecified atom stereocenters. The smallest absolute Gasteiger partial charge is 0.172 e. The molecule has 1 aromatic rings. The van der Waals surface area contributed by atoms with Crippen molar-refractivity contribution in [1.29, 1.82) is 0 Å². The number of aliphatic hydroxyl groups is 2. The van der Waals surface area contributed by atoms with Crippen LogP contribution in [0.2, 0.25) is 5.02 Å². The van der Waals surface area contributed by atoms with Gasteiger partial charge in [0, 0.05) is 11.3 Å². The molecule has 6 heteroatoms. The van der Waals surface area contributed by atoms with Gasteiger partial charge in [-0.3, -0.25) is 4.79 Å². The summed E-state index contributed by atoms with van der Waals surface area (Å²) in [6.07, 6.45) is -0.790. The molecule has 0 heterocycles. The quantitative estimate of drug-likeness (QED) is 0.747. The van der Waals surface area contributed by atoms with E-state index in [1.54, 1.807) is 18.2 Å². The van der Waals surface area contributed by atoms with Crippen LogP contribution in [-0.4, -0.2) is 47.3 Å². The van der Waals surface area contributed by atoms with Crippen molar-refractivity contribution in [2.45, 2.75) is 6.10 Å². The highest BCUT2D eigenvalue weighted by Crippen LogP contribution is 2.25. The molecule has 0 bridgehead atoms. The second kappa shape index (κ2) is 7.63. The maximum atomic E-state index is 11.8. The third kappa shape index (κ3) is 4.49. The van der Waals surface area contributed by atoms with E-state index in [1.165, 1.54) is 18.9 Å². The number of carbonyl (C=O) groups excluding carboxylic acids is 1. The second-order valence-corrected chi connectivity index (χ2v) is 5.06. The number of hydrogen-bond acceptors (Lipinski definition) is 5. The van der Waals surface area contributed by atoms with Crippen LogP contribution in [0.25, 0.3) is 0 Å². The van der Waals surface area contributed by atoms with Crippen LogP contribution < -0.4 is 4.74 Å². The maximum absolute atomic E-state index is 11.8. The maximum Gasteiger partial charge on any atom is 0.172 e. The number of methoxy groups -OCH3 is 1. The molecule has 100 valence electrons. The SMILES string of the molecule is COc1ccc(C(=O)CSCC(O)CO)cc1Cl. The molecule has 1 rings (SSSR count). The third-order valence-electron chi connectivity index (χ3n) is 2.23. The fraction of sp³-hybridized carbons (Fsp3) is 0.417. The van der Waals surface area contributed by atoms with Gasteiger partial charge in [-0.25, -0.2) is 0 Å². The van der Waals surface area contributed by atoms with E-state index in [-0.39, 0.29) is 18.1 Å². The van der Waals surface area contributed by atoms with Crippen molar-refractivity contribution in [3.05, 3.63) is 28.8 Å². The molecule has 0 aliphatic heterocycles. The summed E-state index contributed by atoms with van der Waals surface area (Å²) in [6, 6.07) is 4.85. The first kappa shape index (κ1) is 15.3. The third-order valence-corrected chi connectivity index (χ3v) is 3.61. The molecule has 1 atom stereocenters. The Kier molecular flexibility index (Phi) is 6.49. The summed E-state index contributed by atoms with van der Waals surface area (Å²) in [5.74, 6) is 1.01. The van der Waals surface area contributed by atoms with Crippen molar-refractivity contribution in [3.8, 4) is 5.75 Å². The molecule has 0 spiro atoms. The summed E-state index contributed by atoms with van der Waals surface area (Å²) in [6.45, 7) is -0.296. The summed E-state index contributed by atoms with van der Waals surface area (Å²) in [5.41, 5.74) is 0.506. The fourth-order valence-corrected chi connectivity index (χ4v) is 2.37. The van der Waals surface area contributed by atoms with E-state index in [4.69, 9.17) is 26.6 Å². The van der Waals surface area contributed by atoms with Gasteiger partial charge in [-0.05, 0) is 18.2 Å². The van der Waals surface area contributed by atoms with Gasteiger partial charge < -0.3 is 14.9 Å². The lowest BCUT2D eigenvalue weighted by molar-refractivity contribution is 0.102. The molecule has 0 aliphatic rings. The second-order valence-electron chi connectivity index (χ2n) is 3.62. The largest absolute Gasteiger partial charge is 0.495 e. The fourth-order valence-electron chi connectivity index (χ4n) is 1.26. The summed E-state index contributed by atoms with van der Waals surface area (Å²) in [4.78, 5) is 11.8. The van der Waals surface area contributed by atoms with Crippen LogP contribution in [-0.2, 0) is 0 Å². The topological polar surface area (TPSA) is 66.8 Å². The zero-order valence-electron chi connectivity index (χ0n) is 9.93. The molecule has 1 aromatic carbocycles. The summed E-state index contributed by atoms with van der Waals surface area (Å²) in [7, 11) is 1.51. The van der Waals surface area contributed by atoms with Gasteiger partial charge in [-0.1, -0.05) is 11.6 Å². The standard InChI is InChI=1S/C12H15ClO4S/c1-17-12-3-2-8(4-10(12)13)11(16)7-18-6-9(15)5-14/h2-4,9,14-15H,5-7H2,1H3. The lowest BCUT2D eigenvalue weighted by atomic mass is 10.1. The van der Waals surface area contributed by atoms with E-state index in [1.807, 2.05) is 0 Å². The van der Waals surface area contributed by atoms with Gasteiger partial charge in [-0.2, -0.15) is 11.8 Å². The number of ether oxygens (including phenoxy) is 1. The van der Waals surface area contributed by atoms with E-state index >= 15 is 0 Å². The van der Waals surface area contributed by atoms with Gasteiger partial charge in [0.1, 0.15) is 5.75 Å². The number of Topliss-reactive ketones (excluding diaryl/α,β-unsaturated/α-hetero) is 1. The lowest BCUT2D eigenvalue weighted by Gasteiger charge is -2.07. The number of hydrogen-bond donors (Lipinski definition) is 2. The Morgan fingerprint density at radius 1 is 1.56 bits per heavy atom. The van der Waals surface area contributed by atoms with Crippen molar-refractivity contribution in [3.63, 3.8) is 0 Å². The number of halogens is 1. The highest BCUT2D eigenvalue weighted by molar-refractivity contribution is 8.00. The van der Waals surface area contributed by atoms with Crippen LogP contribution in [0.1, 0.15) is 10.4 Å². The molecule has 0 aromatic heterocycles. The van der Waals surface area contributed by atoms with Gasteiger partial charge in [0.15, 0.2) is 5.78 Å². The molecule has 0 aliphatic carbocycles. The Balaban J connectivity index is 2.54. The Bertz CT molecular complexity index is 411. The van der Waals surface area contributed by atoms with Crippen molar-refractivity contribution in [1.82, 2.24) is 0 Å². The normalized spacial score (nSPS) is 12.2. The van der Waals surface area contributed by atoms with Crippen molar-refractivity contribution in [2.75, 3.05) is 25.2 Å². The Labute approximate surface area is 115 Å². The van der Waals surface area contributed by atoms with E-state index < -0.39 is 6.10 Å². The van der Waals surface area contributed by atoms with Gasteiger partial charge in [-0.15, -0.1) is 0 Å². The first-order valence-corrected chi connectivity index (χ1v) is 6.85. The van der Waals surface area contributed by atoms with Crippen LogP contribution >= 0.6 is 23.4 Å². The van der Waals surface area contributed by atoms with Crippen LogP contribution in [0.3, 0.4) is 0 Å². The van der Waals surface area contributed by atoms with Crippen LogP contribution in [0.15, 0.2) is 18.2 Å². The zero-order chi connectivity index (χ0) is 13.5. The van der Waals surface area contributed by atoms with Gasteiger partial charge in [0.05, 0.1) is 30.6 Å². The van der Waals surface area contributed by atoms with Crippen molar-refractivity contribution in [2.24, 2.45) is 0 Å². The van der Waals surface area contributed by atoms with E-state index in [2.05, 4.69) is 0 Å². The van der Waals surface area contributed by atoms with Gasteiger partial charge >= 0.3 is 0 Å². The number of ketones is 1. The Hall–Kier alpha value is -0.750. The first-order chi connectivity index (χ1) is 8.58. The predicted octanol–water partition coefficient (Wildman–Crippen LogP) is 1.62.